The van der Waals surface area contributed by atoms with E-state index in [0.29, 0.717) is 24.4 Å². The van der Waals surface area contributed by atoms with E-state index in [-0.39, 0.29) is 21.7 Å². The molecule has 10 aliphatic rings. The second-order valence-corrected chi connectivity index (χ2v) is 36.3. The molecular formula is C90H160O6. The van der Waals surface area contributed by atoms with Crippen molar-refractivity contribution in [1.29, 1.82) is 0 Å². The molecule has 0 bridgehead atoms. The Morgan fingerprint density at radius 2 is 0.375 bits per heavy atom. The summed E-state index contributed by atoms with van der Waals surface area (Å²) in [5, 5.41) is 0. The minimum atomic E-state index is 0.0874. The first-order valence-electron chi connectivity index (χ1n) is 44.7. The van der Waals surface area contributed by atoms with Gasteiger partial charge >= 0.3 is 0 Å². The highest BCUT2D eigenvalue weighted by molar-refractivity contribution is 5.97. The third-order valence-electron chi connectivity index (χ3n) is 29.7. The van der Waals surface area contributed by atoms with Crippen molar-refractivity contribution in [3.63, 3.8) is 0 Å². The van der Waals surface area contributed by atoms with Crippen LogP contribution in [0.5, 0.6) is 0 Å². The summed E-state index contributed by atoms with van der Waals surface area (Å²) in [6, 6.07) is 0. The van der Waals surface area contributed by atoms with Crippen LogP contribution in [0.2, 0.25) is 0 Å². The molecule has 0 aromatic heterocycles. The summed E-state index contributed by atoms with van der Waals surface area (Å²) in [6.45, 7) is 13.1. The second-order valence-electron chi connectivity index (χ2n) is 36.3. The Labute approximate surface area is 595 Å². The Morgan fingerprint density at radius 3 is 0.542 bits per heavy atom. The quantitative estimate of drug-likeness (QED) is 0.0567. The number of ketones is 2. The van der Waals surface area contributed by atoms with Crippen molar-refractivity contribution in [2.75, 3.05) is 26.4 Å². The van der Waals surface area contributed by atoms with Crippen LogP contribution in [0.15, 0.2) is 0 Å². The fourth-order valence-electron chi connectivity index (χ4n) is 23.3. The summed E-state index contributed by atoms with van der Waals surface area (Å²) >= 11 is 0. The first-order chi connectivity index (χ1) is 47.1. The number of hydrogen-bond donors (Lipinski definition) is 0. The van der Waals surface area contributed by atoms with Gasteiger partial charge in [0.25, 0.3) is 0 Å². The average molecular weight is 1340 g/mol. The van der Waals surface area contributed by atoms with Gasteiger partial charge in [-0.3, -0.25) is 9.59 Å². The number of carbonyl (C=O) groups excluding carboxylic acids is 2. The van der Waals surface area contributed by atoms with Gasteiger partial charge in [0.2, 0.25) is 0 Å². The molecule has 0 saturated heterocycles. The summed E-state index contributed by atoms with van der Waals surface area (Å²) in [7, 11) is 0. The summed E-state index contributed by atoms with van der Waals surface area (Å²) < 4.78 is 25.3. The molecule has 6 heteroatoms. The molecule has 0 unspecified atom stereocenters. The molecule has 556 valence electrons. The molecule has 0 aromatic carbocycles. The molecule has 10 fully saturated rings. The second kappa shape index (κ2) is 43.5. The average Bonchev–Trinajstić information content (AvgIpc) is 0.720. The topological polar surface area (TPSA) is 71.1 Å². The van der Waals surface area contributed by atoms with E-state index >= 15 is 0 Å². The van der Waals surface area contributed by atoms with Crippen molar-refractivity contribution in [3.8, 4) is 0 Å². The molecular weight excluding hydrogens is 1180 g/mol. The lowest BCUT2D eigenvalue weighted by atomic mass is 9.42. The Hall–Kier alpha value is -0.820. The monoisotopic (exact) mass is 1340 g/mol. The summed E-state index contributed by atoms with van der Waals surface area (Å²) in [4.78, 5) is 27.9. The Morgan fingerprint density at radius 1 is 0.219 bits per heavy atom. The van der Waals surface area contributed by atoms with E-state index in [1.165, 1.54) is 411 Å². The van der Waals surface area contributed by atoms with E-state index in [1.807, 2.05) is 0 Å². The van der Waals surface area contributed by atoms with Crippen LogP contribution in [0.25, 0.3) is 0 Å². The molecule has 0 radical (unpaired) electrons. The molecule has 4 spiro atoms. The zero-order valence-electron chi connectivity index (χ0n) is 64.5. The minimum absolute atomic E-state index is 0.0874. The SMILES string of the molecule is CCCCCCCCCCO[C@H]1CC[C@H](C2CCC3(CC2)CC2(CCC([C@H]4CC[C@H](OCCCCCCCCCC)CC4)CC2)C3=O)CC1.CCCCCCCCCO[C@H]1CC[C@H](C2CCC3(CC2)CC2(CCC([C@H]4CC[C@H](OCCCCCCCCC)CC4)CC2)C3=O)CC1. The molecule has 96 heavy (non-hydrogen) atoms. The first-order valence-corrected chi connectivity index (χ1v) is 44.7. The molecule has 10 aliphatic carbocycles. The molecule has 0 aliphatic heterocycles. The molecule has 0 atom stereocenters. The summed E-state index contributed by atoms with van der Waals surface area (Å²) in [6.07, 6.45) is 87.1. The van der Waals surface area contributed by atoms with Crippen LogP contribution < -0.4 is 0 Å². The molecule has 10 rings (SSSR count). The highest BCUT2D eigenvalue weighted by atomic mass is 16.5. The van der Waals surface area contributed by atoms with Gasteiger partial charge in [0.15, 0.2) is 0 Å². The predicted molar refractivity (Wildman–Crippen MR) is 405 cm³/mol. The van der Waals surface area contributed by atoms with Gasteiger partial charge in [0.1, 0.15) is 11.6 Å². The van der Waals surface area contributed by atoms with Gasteiger partial charge in [-0.15, -0.1) is 0 Å². The first kappa shape index (κ1) is 79.3. The standard InChI is InChI=1S/C46H82O3.C44H78O3/c1-3-5-7-9-11-13-15-17-35-48-42-23-19-38(20-24-42)40-27-31-45(32-28-40)37-46(44(45)47)33-29-41(30-34-46)39-21-25-43(26-22-39)49-36-18-16-14-12-10-8-6-4-2;1-3-5-7-9-11-13-15-33-46-40-21-17-36(18-22-40)38-25-29-43(30-26-38)35-44(42(43)45)31-27-39(28-32-44)37-19-23-41(24-20-37)47-34-16-14-12-10-8-6-4-2/h38-43H,3-37H2,1-2H3;36-41H,3-35H2,1-2H3/t38-,39-,40?,41?,42-,43-,45?,46?;36-,37-,38?,39?,40-,41-,43?,44?. The molecule has 0 N–H and O–H groups in total. The van der Waals surface area contributed by atoms with Gasteiger partial charge in [-0.1, -0.05) is 195 Å². The summed E-state index contributed by atoms with van der Waals surface area (Å²) in [5.41, 5.74) is 0.352. The van der Waals surface area contributed by atoms with Crippen LogP contribution in [0.1, 0.15) is 439 Å². The number of Topliss-reactive ketones (excluding diaryl/α,β-unsaturated/α-hetero) is 2. The van der Waals surface area contributed by atoms with Crippen molar-refractivity contribution in [3.05, 3.63) is 0 Å². The van der Waals surface area contributed by atoms with Gasteiger partial charge in [-0.2, -0.15) is 0 Å². The van der Waals surface area contributed by atoms with Gasteiger partial charge in [-0.25, -0.2) is 0 Å². The molecule has 0 aromatic rings. The van der Waals surface area contributed by atoms with Crippen molar-refractivity contribution in [2.24, 2.45) is 69.0 Å². The fourth-order valence-corrected chi connectivity index (χ4v) is 23.3. The van der Waals surface area contributed by atoms with E-state index in [1.54, 1.807) is 0 Å². The summed E-state index contributed by atoms with van der Waals surface area (Å²) in [5.74, 6) is 8.53. The largest absolute Gasteiger partial charge is 0.378 e. The molecule has 0 heterocycles. The van der Waals surface area contributed by atoms with Crippen LogP contribution in [-0.4, -0.2) is 62.4 Å². The van der Waals surface area contributed by atoms with Crippen molar-refractivity contribution >= 4 is 11.6 Å². The van der Waals surface area contributed by atoms with Crippen molar-refractivity contribution in [1.82, 2.24) is 0 Å². The van der Waals surface area contributed by atoms with Crippen LogP contribution in [0.4, 0.5) is 0 Å². The Balaban J connectivity index is 0.000000226. The number of hydrogen-bond acceptors (Lipinski definition) is 6. The van der Waals surface area contributed by atoms with Crippen LogP contribution in [-0.2, 0) is 28.5 Å². The Kier molecular flexibility index (Phi) is 35.9. The third-order valence-corrected chi connectivity index (χ3v) is 29.7. The van der Waals surface area contributed by atoms with Gasteiger partial charge in [0.05, 0.1) is 24.4 Å². The normalized spacial score (nSPS) is 35.7. The zero-order valence-corrected chi connectivity index (χ0v) is 64.5. The lowest BCUT2D eigenvalue weighted by molar-refractivity contribution is -0.171. The Bertz CT molecular complexity index is 1880. The van der Waals surface area contributed by atoms with E-state index < -0.39 is 0 Å². The minimum Gasteiger partial charge on any atom is -0.378 e. The van der Waals surface area contributed by atoms with E-state index in [9.17, 15) is 9.59 Å². The van der Waals surface area contributed by atoms with Crippen molar-refractivity contribution in [2.45, 2.75) is 463 Å². The van der Waals surface area contributed by atoms with Gasteiger partial charge in [-0.05, 0) is 291 Å². The maximum atomic E-state index is 14.0. The van der Waals surface area contributed by atoms with E-state index in [0.717, 1.165) is 85.3 Å². The molecule has 0 amide bonds. The number of carbonyl (C=O) groups is 2. The smallest absolute Gasteiger partial charge is 0.145 e. The van der Waals surface area contributed by atoms with E-state index in [2.05, 4.69) is 27.7 Å². The highest BCUT2D eigenvalue weighted by Gasteiger charge is 2.65. The maximum Gasteiger partial charge on any atom is 0.145 e. The number of ether oxygens (including phenoxy) is 4. The lowest BCUT2D eigenvalue weighted by Gasteiger charge is -2.60. The number of rotatable bonds is 42. The van der Waals surface area contributed by atoms with E-state index in [4.69, 9.17) is 18.9 Å². The van der Waals surface area contributed by atoms with Crippen LogP contribution in [0.3, 0.4) is 0 Å². The number of unbranched alkanes of at least 4 members (excludes halogenated alkanes) is 26. The van der Waals surface area contributed by atoms with Crippen LogP contribution >= 0.6 is 0 Å². The third kappa shape index (κ3) is 24.1. The molecule has 6 nitrogen and oxygen atoms in total. The zero-order chi connectivity index (χ0) is 67.0. The molecule has 10 saturated carbocycles. The van der Waals surface area contributed by atoms with Gasteiger partial charge < -0.3 is 18.9 Å². The van der Waals surface area contributed by atoms with Gasteiger partial charge in [0, 0.05) is 48.1 Å². The maximum absolute atomic E-state index is 14.0. The van der Waals surface area contributed by atoms with Crippen molar-refractivity contribution < 1.29 is 28.5 Å². The predicted octanol–water partition coefficient (Wildman–Crippen LogP) is 26.7. The highest BCUT2D eigenvalue weighted by Crippen LogP contribution is 2.67. The fraction of sp³-hybridized carbons (Fsp3) is 0.978. The van der Waals surface area contributed by atoms with Crippen LogP contribution in [0, 0.1) is 69.0 Å². The lowest BCUT2D eigenvalue weighted by Crippen LogP contribution is -2.60.